The van der Waals surface area contributed by atoms with Gasteiger partial charge in [0, 0.05) is 11.5 Å². The Hall–Kier alpha value is -1.64. The standard InChI is InChI=1S/C13H16N2O/c1-8(2)12-14-15-13(16-12)11-6-5-9(3)7-10(11)4/h5-8H,1-4H3. The van der Waals surface area contributed by atoms with Gasteiger partial charge >= 0.3 is 0 Å². The second-order valence-electron chi connectivity index (χ2n) is 4.42. The number of aromatic nitrogens is 2. The van der Waals surface area contributed by atoms with Gasteiger partial charge < -0.3 is 4.42 Å². The van der Waals surface area contributed by atoms with Crippen molar-refractivity contribution in [1.82, 2.24) is 10.2 Å². The van der Waals surface area contributed by atoms with E-state index in [2.05, 4.69) is 36.2 Å². The zero-order valence-corrected chi connectivity index (χ0v) is 10.1. The molecule has 0 unspecified atom stereocenters. The van der Waals surface area contributed by atoms with Gasteiger partial charge in [-0.2, -0.15) is 0 Å². The average molecular weight is 216 g/mol. The largest absolute Gasteiger partial charge is 0.420 e. The molecule has 0 saturated carbocycles. The summed E-state index contributed by atoms with van der Waals surface area (Å²) in [7, 11) is 0. The Labute approximate surface area is 95.5 Å². The molecule has 0 atom stereocenters. The monoisotopic (exact) mass is 216 g/mol. The highest BCUT2D eigenvalue weighted by molar-refractivity contribution is 5.58. The van der Waals surface area contributed by atoms with Crippen molar-refractivity contribution in [3.8, 4) is 11.5 Å². The van der Waals surface area contributed by atoms with Gasteiger partial charge in [-0.25, -0.2) is 0 Å². The lowest BCUT2D eigenvalue weighted by molar-refractivity contribution is 0.481. The third-order valence-corrected chi connectivity index (χ3v) is 2.55. The summed E-state index contributed by atoms with van der Waals surface area (Å²) >= 11 is 0. The Kier molecular flexibility index (Phi) is 2.77. The summed E-state index contributed by atoms with van der Waals surface area (Å²) in [6.07, 6.45) is 0. The minimum absolute atomic E-state index is 0.270. The van der Waals surface area contributed by atoms with E-state index < -0.39 is 0 Å². The minimum atomic E-state index is 0.270. The molecule has 0 saturated heterocycles. The van der Waals surface area contributed by atoms with Crippen LogP contribution in [0.3, 0.4) is 0 Å². The van der Waals surface area contributed by atoms with Gasteiger partial charge in [-0.3, -0.25) is 0 Å². The van der Waals surface area contributed by atoms with Crippen LogP contribution >= 0.6 is 0 Å². The van der Waals surface area contributed by atoms with Crippen LogP contribution < -0.4 is 0 Å². The molecule has 2 aromatic rings. The molecule has 84 valence electrons. The summed E-state index contributed by atoms with van der Waals surface area (Å²) in [6, 6.07) is 6.21. The summed E-state index contributed by atoms with van der Waals surface area (Å²) in [5, 5.41) is 8.12. The van der Waals surface area contributed by atoms with E-state index in [0.717, 1.165) is 5.56 Å². The van der Waals surface area contributed by atoms with Crippen molar-refractivity contribution in [3.05, 3.63) is 35.2 Å². The lowest BCUT2D eigenvalue weighted by Gasteiger charge is -2.02. The predicted octanol–water partition coefficient (Wildman–Crippen LogP) is 3.48. The lowest BCUT2D eigenvalue weighted by Crippen LogP contribution is -1.85. The zero-order chi connectivity index (χ0) is 11.7. The summed E-state index contributed by atoms with van der Waals surface area (Å²) in [5.74, 6) is 1.57. The summed E-state index contributed by atoms with van der Waals surface area (Å²) in [5.41, 5.74) is 3.42. The smallest absolute Gasteiger partial charge is 0.248 e. The van der Waals surface area contributed by atoms with Gasteiger partial charge in [0.2, 0.25) is 11.8 Å². The molecule has 0 amide bonds. The maximum Gasteiger partial charge on any atom is 0.248 e. The number of aryl methyl sites for hydroxylation is 2. The van der Waals surface area contributed by atoms with E-state index >= 15 is 0 Å². The maximum absolute atomic E-state index is 5.63. The number of nitrogens with zero attached hydrogens (tertiary/aromatic N) is 2. The van der Waals surface area contributed by atoms with Crippen molar-refractivity contribution in [2.45, 2.75) is 33.6 Å². The molecule has 0 bridgehead atoms. The van der Waals surface area contributed by atoms with Crippen LogP contribution in [-0.2, 0) is 0 Å². The number of hydrogen-bond acceptors (Lipinski definition) is 3. The van der Waals surface area contributed by atoms with E-state index in [1.54, 1.807) is 0 Å². The van der Waals surface area contributed by atoms with Crippen LogP contribution in [0.4, 0.5) is 0 Å². The highest BCUT2D eigenvalue weighted by atomic mass is 16.4. The molecular weight excluding hydrogens is 200 g/mol. The minimum Gasteiger partial charge on any atom is -0.420 e. The van der Waals surface area contributed by atoms with E-state index in [4.69, 9.17) is 4.42 Å². The first kappa shape index (κ1) is 10.9. The van der Waals surface area contributed by atoms with Crippen LogP contribution in [0.5, 0.6) is 0 Å². The Balaban J connectivity index is 2.42. The molecule has 2 rings (SSSR count). The van der Waals surface area contributed by atoms with Gasteiger partial charge in [-0.1, -0.05) is 31.5 Å². The van der Waals surface area contributed by atoms with Crippen molar-refractivity contribution >= 4 is 0 Å². The highest BCUT2D eigenvalue weighted by Crippen LogP contribution is 2.24. The van der Waals surface area contributed by atoms with Gasteiger partial charge in [0.05, 0.1) is 0 Å². The number of benzene rings is 1. The normalized spacial score (nSPS) is 11.1. The van der Waals surface area contributed by atoms with Crippen molar-refractivity contribution < 1.29 is 4.42 Å². The van der Waals surface area contributed by atoms with E-state index in [-0.39, 0.29) is 5.92 Å². The first-order valence-electron chi connectivity index (χ1n) is 5.49. The second kappa shape index (κ2) is 4.08. The molecule has 0 aliphatic carbocycles. The van der Waals surface area contributed by atoms with Crippen LogP contribution in [0.15, 0.2) is 22.6 Å². The second-order valence-corrected chi connectivity index (χ2v) is 4.42. The lowest BCUT2D eigenvalue weighted by atomic mass is 10.1. The molecule has 1 heterocycles. The van der Waals surface area contributed by atoms with Crippen molar-refractivity contribution in [1.29, 1.82) is 0 Å². The number of hydrogen-bond donors (Lipinski definition) is 0. The summed E-state index contributed by atoms with van der Waals surface area (Å²) in [4.78, 5) is 0. The first-order chi connectivity index (χ1) is 7.58. The van der Waals surface area contributed by atoms with Crippen LogP contribution in [-0.4, -0.2) is 10.2 Å². The van der Waals surface area contributed by atoms with Crippen molar-refractivity contribution in [2.75, 3.05) is 0 Å². The van der Waals surface area contributed by atoms with E-state index in [1.165, 1.54) is 11.1 Å². The van der Waals surface area contributed by atoms with Gasteiger partial charge in [-0.05, 0) is 25.5 Å². The van der Waals surface area contributed by atoms with Crippen molar-refractivity contribution in [3.63, 3.8) is 0 Å². The topological polar surface area (TPSA) is 38.9 Å². The third kappa shape index (κ3) is 1.98. The Morgan fingerprint density at radius 2 is 1.88 bits per heavy atom. The quantitative estimate of drug-likeness (QED) is 0.771. The predicted molar refractivity (Wildman–Crippen MR) is 63.3 cm³/mol. The maximum atomic E-state index is 5.63. The van der Waals surface area contributed by atoms with Crippen LogP contribution in [0.1, 0.15) is 36.8 Å². The van der Waals surface area contributed by atoms with Gasteiger partial charge in [0.15, 0.2) is 0 Å². The van der Waals surface area contributed by atoms with E-state index in [1.807, 2.05) is 19.9 Å². The molecule has 0 spiro atoms. The molecule has 0 aliphatic heterocycles. The Morgan fingerprint density at radius 1 is 1.12 bits per heavy atom. The van der Waals surface area contributed by atoms with Crippen molar-refractivity contribution in [2.24, 2.45) is 0 Å². The molecule has 0 radical (unpaired) electrons. The molecule has 0 fully saturated rings. The molecule has 1 aromatic carbocycles. The Morgan fingerprint density at radius 3 is 2.44 bits per heavy atom. The Bertz CT molecular complexity index is 500. The summed E-state index contributed by atoms with van der Waals surface area (Å²) in [6.45, 7) is 8.21. The zero-order valence-electron chi connectivity index (χ0n) is 10.1. The fourth-order valence-corrected chi connectivity index (χ4v) is 1.63. The fourth-order valence-electron chi connectivity index (χ4n) is 1.63. The molecule has 0 aliphatic rings. The average Bonchev–Trinajstić information content (AvgIpc) is 2.66. The third-order valence-electron chi connectivity index (χ3n) is 2.55. The molecular formula is C13H16N2O. The van der Waals surface area contributed by atoms with Gasteiger partial charge in [-0.15, -0.1) is 10.2 Å². The van der Waals surface area contributed by atoms with Crippen LogP contribution in [0.25, 0.3) is 11.5 Å². The number of rotatable bonds is 2. The molecule has 3 heteroatoms. The van der Waals surface area contributed by atoms with Gasteiger partial charge in [0.1, 0.15) is 0 Å². The van der Waals surface area contributed by atoms with E-state index in [9.17, 15) is 0 Å². The van der Waals surface area contributed by atoms with Crippen LogP contribution in [0.2, 0.25) is 0 Å². The molecule has 0 N–H and O–H groups in total. The van der Waals surface area contributed by atoms with E-state index in [0.29, 0.717) is 11.8 Å². The summed E-state index contributed by atoms with van der Waals surface area (Å²) < 4.78 is 5.63. The molecule has 3 nitrogen and oxygen atoms in total. The molecule has 1 aromatic heterocycles. The van der Waals surface area contributed by atoms with Gasteiger partial charge in [0.25, 0.3) is 0 Å². The fraction of sp³-hybridized carbons (Fsp3) is 0.385. The SMILES string of the molecule is Cc1ccc(-c2nnc(C(C)C)o2)c(C)c1. The van der Waals surface area contributed by atoms with Crippen LogP contribution in [0, 0.1) is 13.8 Å². The first-order valence-corrected chi connectivity index (χ1v) is 5.49. The highest BCUT2D eigenvalue weighted by Gasteiger charge is 2.12. The molecule has 16 heavy (non-hydrogen) atoms.